The molecule has 0 radical (unpaired) electrons. The topological polar surface area (TPSA) is 120 Å². The Morgan fingerprint density at radius 2 is 1.77 bits per heavy atom. The van der Waals surface area contributed by atoms with Gasteiger partial charge < -0.3 is 5.11 Å². The van der Waals surface area contributed by atoms with Crippen LogP contribution >= 0.6 is 0 Å². The molecule has 1 aliphatic rings. The summed E-state index contributed by atoms with van der Waals surface area (Å²) in [5.74, 6) is 2.47. The van der Waals surface area contributed by atoms with Crippen LogP contribution < -0.4 is 0 Å². The van der Waals surface area contributed by atoms with E-state index < -0.39 is 0 Å². The van der Waals surface area contributed by atoms with Gasteiger partial charge in [-0.05, 0) is 27.7 Å². The number of allylic oxidation sites excluding steroid dienone is 2. The first-order valence-electron chi connectivity index (χ1n) is 6.14. The lowest BCUT2D eigenvalue weighted by atomic mass is 9.91. The van der Waals surface area contributed by atoms with Crippen LogP contribution in [0.15, 0.2) is 29.8 Å². The van der Waals surface area contributed by atoms with Gasteiger partial charge in [0.2, 0.25) is 0 Å². The smallest absolute Gasteiger partial charge is 0.195 e. The lowest BCUT2D eigenvalue weighted by Gasteiger charge is -2.15. The number of nitrogens with zero attached hydrogens (tertiary/aromatic N) is 4. The highest BCUT2D eigenvalue weighted by atomic mass is 16.3. The molecule has 0 bridgehead atoms. The molecule has 1 aliphatic carbocycles. The van der Waals surface area contributed by atoms with Crippen molar-refractivity contribution in [2.45, 2.75) is 35.1 Å². The third-order valence-electron chi connectivity index (χ3n) is 2.50. The van der Waals surface area contributed by atoms with E-state index in [0.717, 1.165) is 17.5 Å². The van der Waals surface area contributed by atoms with Gasteiger partial charge in [0.1, 0.15) is 29.6 Å². The van der Waals surface area contributed by atoms with Gasteiger partial charge in [-0.15, -0.1) is 0 Å². The highest BCUT2D eigenvalue weighted by Crippen LogP contribution is 2.24. The van der Waals surface area contributed by atoms with Gasteiger partial charge >= 0.3 is 0 Å². The van der Waals surface area contributed by atoms with Gasteiger partial charge in [-0.2, -0.15) is 10.2 Å². The summed E-state index contributed by atoms with van der Waals surface area (Å²) in [6.45, 7) is 10.5. The third kappa shape index (κ3) is 5.31. The summed E-state index contributed by atoms with van der Waals surface area (Å²) in [7, 11) is 0. The summed E-state index contributed by atoms with van der Waals surface area (Å²) in [6, 6.07) is 0. The predicted molar refractivity (Wildman–Crippen MR) is 83.2 cm³/mol. The summed E-state index contributed by atoms with van der Waals surface area (Å²) in [6.07, 6.45) is 1.48. The van der Waals surface area contributed by atoms with Gasteiger partial charge in [-0.1, -0.05) is 14.0 Å². The minimum atomic E-state index is -0.123. The number of Topliss-reactive ketones (excluding diaryl/α,β-unsaturated/α-hetero) is 1. The molecule has 2 heterocycles. The molecular formula is C14H22N6O2. The van der Waals surface area contributed by atoms with E-state index in [9.17, 15) is 4.79 Å². The standard InChI is InChI=1S/C6H6O2.C4H7N3.C3H5N3.CH4/c1-3-5(7)4(2)6(3)8;1-3-5-4(2)7-6-3;1-3-4-2-5-6-3;/h7H,1H2,2H3;1-2H3,(H,5,6,7);2H,1H3,(H,4,5,6);1H4. The zero-order valence-electron chi connectivity index (χ0n) is 12.4. The molecule has 22 heavy (non-hydrogen) atoms. The molecular weight excluding hydrogens is 284 g/mol. The second-order valence-corrected chi connectivity index (χ2v) is 4.32. The molecule has 0 amide bonds. The zero-order valence-corrected chi connectivity index (χ0v) is 12.4. The van der Waals surface area contributed by atoms with E-state index in [0.29, 0.717) is 5.57 Å². The first-order chi connectivity index (χ1) is 9.82. The molecule has 8 nitrogen and oxygen atoms in total. The van der Waals surface area contributed by atoms with Gasteiger partial charge in [0.15, 0.2) is 5.78 Å². The Hall–Kier alpha value is -2.77. The fourth-order valence-electron chi connectivity index (χ4n) is 1.33. The van der Waals surface area contributed by atoms with Crippen molar-refractivity contribution in [3.05, 3.63) is 47.3 Å². The minimum Gasteiger partial charge on any atom is -0.507 e. The number of carbonyl (C=O) groups is 1. The van der Waals surface area contributed by atoms with Gasteiger partial charge in [0.25, 0.3) is 0 Å². The van der Waals surface area contributed by atoms with E-state index in [1.165, 1.54) is 6.33 Å². The van der Waals surface area contributed by atoms with Crippen LogP contribution in [0.2, 0.25) is 0 Å². The van der Waals surface area contributed by atoms with Crippen LogP contribution in [-0.4, -0.2) is 41.3 Å². The van der Waals surface area contributed by atoms with Crippen LogP contribution in [0.4, 0.5) is 0 Å². The van der Waals surface area contributed by atoms with Gasteiger partial charge in [0, 0.05) is 5.57 Å². The Morgan fingerprint density at radius 3 is 1.91 bits per heavy atom. The van der Waals surface area contributed by atoms with Gasteiger partial charge in [-0.3, -0.25) is 15.0 Å². The summed E-state index contributed by atoms with van der Waals surface area (Å²) in [4.78, 5) is 18.1. The minimum absolute atomic E-state index is 0. The van der Waals surface area contributed by atoms with E-state index in [1.807, 2.05) is 20.8 Å². The molecule has 120 valence electrons. The van der Waals surface area contributed by atoms with E-state index in [4.69, 9.17) is 5.11 Å². The Balaban J connectivity index is 0.000000297. The van der Waals surface area contributed by atoms with Crippen molar-refractivity contribution < 1.29 is 9.90 Å². The number of H-pyrrole nitrogens is 2. The van der Waals surface area contributed by atoms with Crippen LogP contribution in [0.1, 0.15) is 31.8 Å². The monoisotopic (exact) mass is 306 g/mol. The molecule has 0 spiro atoms. The van der Waals surface area contributed by atoms with Crippen molar-refractivity contribution in [1.29, 1.82) is 0 Å². The molecule has 0 saturated heterocycles. The number of aliphatic hydroxyl groups is 1. The number of aryl methyl sites for hydroxylation is 3. The Labute approximate surface area is 129 Å². The molecule has 0 fully saturated rings. The first-order valence-corrected chi connectivity index (χ1v) is 6.14. The highest BCUT2D eigenvalue weighted by molar-refractivity contribution is 6.18. The van der Waals surface area contributed by atoms with Gasteiger partial charge in [0.05, 0.1) is 5.57 Å². The number of hydrogen-bond acceptors (Lipinski definition) is 6. The van der Waals surface area contributed by atoms with Crippen LogP contribution in [0.5, 0.6) is 0 Å². The fraction of sp³-hybridized carbons (Fsp3) is 0.357. The Morgan fingerprint density at radius 1 is 1.14 bits per heavy atom. The molecule has 0 saturated carbocycles. The van der Waals surface area contributed by atoms with Crippen LogP contribution in [-0.2, 0) is 4.79 Å². The number of aliphatic hydroxyl groups excluding tert-OH is 1. The van der Waals surface area contributed by atoms with Crippen molar-refractivity contribution in [3.63, 3.8) is 0 Å². The maximum absolute atomic E-state index is 10.5. The SMILES string of the molecule is C.C=C1C(=O)C(C)=C1O.Cc1n[nH]c(C)n1.Cc1ncn[nH]1. The van der Waals surface area contributed by atoms with Crippen LogP contribution in [0.3, 0.4) is 0 Å². The lowest BCUT2D eigenvalue weighted by molar-refractivity contribution is -0.113. The Kier molecular flexibility index (Phi) is 7.43. The second kappa shape index (κ2) is 8.50. The normalized spacial score (nSPS) is 12.4. The quantitative estimate of drug-likeness (QED) is 0.641. The van der Waals surface area contributed by atoms with Gasteiger partial charge in [-0.25, -0.2) is 9.97 Å². The predicted octanol–water partition coefficient (Wildman–Crippen LogP) is 2.13. The average molecular weight is 306 g/mol. The molecule has 0 atom stereocenters. The second-order valence-electron chi connectivity index (χ2n) is 4.32. The van der Waals surface area contributed by atoms with E-state index >= 15 is 0 Å². The number of aromatic nitrogens is 6. The van der Waals surface area contributed by atoms with Crippen LogP contribution in [0.25, 0.3) is 0 Å². The Bertz CT molecular complexity index is 616. The molecule has 2 aromatic heterocycles. The molecule has 2 aromatic rings. The van der Waals surface area contributed by atoms with Crippen molar-refractivity contribution in [3.8, 4) is 0 Å². The molecule has 3 rings (SSSR count). The average Bonchev–Trinajstić information content (AvgIpc) is 3.09. The van der Waals surface area contributed by atoms with Crippen molar-refractivity contribution in [1.82, 2.24) is 30.4 Å². The van der Waals surface area contributed by atoms with E-state index in [1.54, 1.807) is 6.92 Å². The van der Waals surface area contributed by atoms with E-state index in [2.05, 4.69) is 36.9 Å². The number of carbonyl (C=O) groups excluding carboxylic acids is 1. The summed E-state index contributed by atoms with van der Waals surface area (Å²) in [5, 5.41) is 21.4. The van der Waals surface area contributed by atoms with E-state index in [-0.39, 0.29) is 24.5 Å². The maximum atomic E-state index is 10.5. The summed E-state index contributed by atoms with van der Waals surface area (Å²) in [5.41, 5.74) is 0.664. The molecule has 0 unspecified atom stereocenters. The van der Waals surface area contributed by atoms with Crippen molar-refractivity contribution in [2.75, 3.05) is 0 Å². The molecule has 0 aromatic carbocycles. The van der Waals surface area contributed by atoms with Crippen molar-refractivity contribution in [2.24, 2.45) is 0 Å². The maximum Gasteiger partial charge on any atom is 0.195 e. The fourth-order valence-corrected chi connectivity index (χ4v) is 1.33. The number of rotatable bonds is 0. The number of ketones is 1. The molecule has 0 aliphatic heterocycles. The summed E-state index contributed by atoms with van der Waals surface area (Å²) >= 11 is 0. The van der Waals surface area contributed by atoms with Crippen LogP contribution in [0, 0.1) is 20.8 Å². The number of aromatic amines is 2. The third-order valence-corrected chi connectivity index (χ3v) is 2.50. The summed E-state index contributed by atoms with van der Waals surface area (Å²) < 4.78 is 0. The van der Waals surface area contributed by atoms with Crippen molar-refractivity contribution >= 4 is 5.78 Å². The molecule has 8 heteroatoms. The first kappa shape index (κ1) is 19.2. The highest BCUT2D eigenvalue weighted by Gasteiger charge is 2.27. The molecule has 3 N–H and O–H groups in total. The lowest BCUT2D eigenvalue weighted by Crippen LogP contribution is -2.18. The largest absolute Gasteiger partial charge is 0.507 e. The number of hydrogen-bond donors (Lipinski definition) is 3. The zero-order chi connectivity index (χ0) is 16.0. The number of nitrogens with one attached hydrogen (secondary N) is 2.